The van der Waals surface area contributed by atoms with Gasteiger partial charge in [-0.1, -0.05) is 18.2 Å². The number of anilines is 1. The number of carboxylic acids is 1. The van der Waals surface area contributed by atoms with Gasteiger partial charge in [-0.05, 0) is 25.0 Å². The quantitative estimate of drug-likeness (QED) is 0.839. The minimum absolute atomic E-state index is 0.0628. The van der Waals surface area contributed by atoms with Crippen LogP contribution in [0.2, 0.25) is 0 Å². The summed E-state index contributed by atoms with van der Waals surface area (Å²) >= 11 is 1.38. The van der Waals surface area contributed by atoms with Crippen LogP contribution in [-0.4, -0.2) is 34.5 Å². The fourth-order valence-corrected chi connectivity index (χ4v) is 3.11. The Kier molecular flexibility index (Phi) is 4.47. The second-order valence-corrected chi connectivity index (χ2v) is 5.75. The Balaban J connectivity index is 1.94. The Morgan fingerprint density at radius 2 is 2.16 bits per heavy atom. The second-order valence-electron chi connectivity index (χ2n) is 4.64. The van der Waals surface area contributed by atoms with Gasteiger partial charge in [-0.3, -0.25) is 9.59 Å². The van der Waals surface area contributed by atoms with Gasteiger partial charge in [0.1, 0.15) is 0 Å². The van der Waals surface area contributed by atoms with Gasteiger partial charge in [0.25, 0.3) is 0 Å². The normalized spacial score (nSPS) is 17.3. The molecule has 1 aromatic carbocycles. The molecule has 1 atom stereocenters. The van der Waals surface area contributed by atoms with Crippen LogP contribution in [0.5, 0.6) is 0 Å². The predicted molar refractivity (Wildman–Crippen MR) is 76.7 cm³/mol. The number of thioether (sulfide) groups is 1. The molecular weight excluding hydrogens is 262 g/mol. The first-order valence-electron chi connectivity index (χ1n) is 6.29. The topological polar surface area (TPSA) is 57.6 Å². The number of para-hydroxylation sites is 1. The number of carbonyl (C=O) groups excluding carboxylic acids is 1. The minimum Gasteiger partial charge on any atom is -0.481 e. The molecule has 1 aromatic rings. The van der Waals surface area contributed by atoms with Crippen LogP contribution >= 0.6 is 11.8 Å². The van der Waals surface area contributed by atoms with E-state index in [0.717, 1.165) is 12.1 Å². The van der Waals surface area contributed by atoms with Crippen LogP contribution in [0.15, 0.2) is 24.3 Å². The molecule has 0 saturated heterocycles. The summed E-state index contributed by atoms with van der Waals surface area (Å²) in [5.74, 6) is 0.0596. The number of benzene rings is 1. The second kappa shape index (κ2) is 6.10. The van der Waals surface area contributed by atoms with Crippen molar-refractivity contribution in [2.75, 3.05) is 16.4 Å². The predicted octanol–water partition coefficient (Wildman–Crippen LogP) is 2.17. The summed E-state index contributed by atoms with van der Waals surface area (Å²) in [6, 6.07) is 8.13. The molecule has 0 unspecified atom stereocenters. The summed E-state index contributed by atoms with van der Waals surface area (Å²) in [7, 11) is 0. The molecule has 1 N–H and O–H groups in total. The van der Waals surface area contributed by atoms with Crippen LogP contribution in [0.3, 0.4) is 0 Å². The van der Waals surface area contributed by atoms with Gasteiger partial charge in [0.2, 0.25) is 5.91 Å². The van der Waals surface area contributed by atoms with E-state index >= 15 is 0 Å². The van der Waals surface area contributed by atoms with Crippen LogP contribution in [0.25, 0.3) is 0 Å². The van der Waals surface area contributed by atoms with E-state index in [9.17, 15) is 9.59 Å². The molecule has 0 aliphatic carbocycles. The van der Waals surface area contributed by atoms with Crippen molar-refractivity contribution < 1.29 is 14.7 Å². The highest BCUT2D eigenvalue weighted by molar-refractivity contribution is 7.99. The molecule has 1 aliphatic rings. The van der Waals surface area contributed by atoms with Gasteiger partial charge < -0.3 is 10.0 Å². The molecule has 1 heterocycles. The number of hydrogen-bond donors (Lipinski definition) is 1. The first kappa shape index (κ1) is 13.9. The smallest absolute Gasteiger partial charge is 0.304 e. The summed E-state index contributed by atoms with van der Waals surface area (Å²) in [6.07, 6.45) is 0.992. The van der Waals surface area contributed by atoms with Crippen LogP contribution in [0, 0.1) is 0 Å². The lowest BCUT2D eigenvalue weighted by Crippen LogP contribution is -2.37. The van der Waals surface area contributed by atoms with Crippen molar-refractivity contribution in [2.45, 2.75) is 25.8 Å². The third kappa shape index (κ3) is 3.29. The maximum atomic E-state index is 12.2. The van der Waals surface area contributed by atoms with E-state index in [1.807, 2.05) is 30.0 Å². The molecule has 19 heavy (non-hydrogen) atoms. The average molecular weight is 279 g/mol. The van der Waals surface area contributed by atoms with E-state index in [0.29, 0.717) is 11.5 Å². The summed E-state index contributed by atoms with van der Waals surface area (Å²) < 4.78 is 0. The van der Waals surface area contributed by atoms with Gasteiger partial charge in [-0.15, -0.1) is 0 Å². The monoisotopic (exact) mass is 279 g/mol. The van der Waals surface area contributed by atoms with Crippen molar-refractivity contribution in [3.05, 3.63) is 29.8 Å². The van der Waals surface area contributed by atoms with Crippen molar-refractivity contribution in [3.8, 4) is 0 Å². The van der Waals surface area contributed by atoms with E-state index in [1.54, 1.807) is 0 Å². The Labute approximate surface area is 116 Å². The molecule has 2 rings (SSSR count). The standard InChI is InChI=1S/C14H17NO3S/c1-10-8-11-4-2-3-5-12(11)15(10)13(16)9-19-7-6-14(17)18/h2-5,10H,6-9H2,1H3,(H,17,18)/t10-/m0/s1. The maximum absolute atomic E-state index is 12.2. The fraction of sp³-hybridized carbons (Fsp3) is 0.429. The van der Waals surface area contributed by atoms with E-state index in [4.69, 9.17) is 5.11 Å². The molecule has 0 bridgehead atoms. The highest BCUT2D eigenvalue weighted by atomic mass is 32.2. The molecule has 5 heteroatoms. The lowest BCUT2D eigenvalue weighted by molar-refractivity contribution is -0.136. The number of carbonyl (C=O) groups is 2. The van der Waals surface area contributed by atoms with Crippen molar-refractivity contribution in [3.63, 3.8) is 0 Å². The molecule has 1 aliphatic heterocycles. The number of amides is 1. The zero-order valence-electron chi connectivity index (χ0n) is 10.8. The third-order valence-corrected chi connectivity index (χ3v) is 4.11. The highest BCUT2D eigenvalue weighted by Gasteiger charge is 2.29. The SMILES string of the molecule is C[C@H]1Cc2ccccc2N1C(=O)CSCCC(=O)O. The summed E-state index contributed by atoms with van der Waals surface area (Å²) in [4.78, 5) is 24.5. The van der Waals surface area contributed by atoms with Crippen LogP contribution in [-0.2, 0) is 16.0 Å². The molecule has 0 spiro atoms. The van der Waals surface area contributed by atoms with E-state index in [-0.39, 0.29) is 18.4 Å². The number of fused-ring (bicyclic) bond motifs is 1. The van der Waals surface area contributed by atoms with E-state index in [2.05, 4.69) is 6.07 Å². The Bertz CT molecular complexity index is 489. The van der Waals surface area contributed by atoms with Gasteiger partial charge in [0.05, 0.1) is 12.2 Å². The number of nitrogens with zero attached hydrogens (tertiary/aromatic N) is 1. The van der Waals surface area contributed by atoms with Gasteiger partial charge in [0.15, 0.2) is 0 Å². The minimum atomic E-state index is -0.820. The molecular formula is C14H17NO3S. The Morgan fingerprint density at radius 3 is 2.89 bits per heavy atom. The zero-order chi connectivity index (χ0) is 13.8. The lowest BCUT2D eigenvalue weighted by atomic mass is 10.1. The summed E-state index contributed by atoms with van der Waals surface area (Å²) in [5.41, 5.74) is 2.21. The number of hydrogen-bond acceptors (Lipinski definition) is 3. The molecule has 0 radical (unpaired) electrons. The van der Waals surface area contributed by atoms with Crippen LogP contribution in [0.4, 0.5) is 5.69 Å². The maximum Gasteiger partial charge on any atom is 0.304 e. The fourth-order valence-electron chi connectivity index (χ4n) is 2.33. The lowest BCUT2D eigenvalue weighted by Gasteiger charge is -2.22. The third-order valence-electron chi connectivity index (χ3n) is 3.16. The molecule has 0 fully saturated rings. The Hall–Kier alpha value is -1.49. The molecule has 0 aromatic heterocycles. The van der Waals surface area contributed by atoms with Gasteiger partial charge in [0, 0.05) is 17.5 Å². The van der Waals surface area contributed by atoms with Crippen molar-refractivity contribution in [2.24, 2.45) is 0 Å². The van der Waals surface area contributed by atoms with Crippen molar-refractivity contribution in [1.29, 1.82) is 0 Å². The summed E-state index contributed by atoms with van der Waals surface area (Å²) in [6.45, 7) is 2.04. The van der Waals surface area contributed by atoms with Crippen molar-refractivity contribution in [1.82, 2.24) is 0 Å². The molecule has 0 saturated carbocycles. The number of carboxylic acid groups (broad SMARTS) is 1. The summed E-state index contributed by atoms with van der Waals surface area (Å²) in [5, 5.41) is 8.55. The van der Waals surface area contributed by atoms with Gasteiger partial charge >= 0.3 is 5.97 Å². The van der Waals surface area contributed by atoms with Crippen LogP contribution < -0.4 is 4.90 Å². The average Bonchev–Trinajstić information content (AvgIpc) is 2.70. The van der Waals surface area contributed by atoms with E-state index < -0.39 is 5.97 Å². The first-order chi connectivity index (χ1) is 9.09. The van der Waals surface area contributed by atoms with Gasteiger partial charge in [-0.2, -0.15) is 11.8 Å². The molecule has 1 amide bonds. The molecule has 4 nitrogen and oxygen atoms in total. The number of rotatable bonds is 5. The van der Waals surface area contributed by atoms with Crippen LogP contribution in [0.1, 0.15) is 18.9 Å². The Morgan fingerprint density at radius 1 is 1.42 bits per heavy atom. The number of aliphatic carboxylic acids is 1. The zero-order valence-corrected chi connectivity index (χ0v) is 11.7. The largest absolute Gasteiger partial charge is 0.481 e. The highest BCUT2D eigenvalue weighted by Crippen LogP contribution is 2.32. The van der Waals surface area contributed by atoms with E-state index in [1.165, 1.54) is 17.3 Å². The van der Waals surface area contributed by atoms with Gasteiger partial charge in [-0.25, -0.2) is 0 Å². The molecule has 102 valence electrons. The van der Waals surface area contributed by atoms with Crippen molar-refractivity contribution >= 4 is 29.3 Å². The first-order valence-corrected chi connectivity index (χ1v) is 7.44.